The first-order chi connectivity index (χ1) is 8.98. The molecule has 5 nitrogen and oxygen atoms in total. The van der Waals surface area contributed by atoms with Crippen molar-refractivity contribution in [2.45, 2.75) is 23.8 Å². The fourth-order valence-electron chi connectivity index (χ4n) is 2.08. The first-order valence-corrected chi connectivity index (χ1v) is 8.05. The van der Waals surface area contributed by atoms with Gasteiger partial charge in [0.05, 0.1) is 10.5 Å². The number of carbonyl (C=O) groups is 1. The second-order valence-corrected chi connectivity index (χ2v) is 6.61. The van der Waals surface area contributed by atoms with Gasteiger partial charge in [0.15, 0.2) is 9.84 Å². The zero-order valence-electron chi connectivity index (χ0n) is 10.8. The van der Waals surface area contributed by atoms with Crippen molar-refractivity contribution in [1.29, 1.82) is 0 Å². The van der Waals surface area contributed by atoms with Crippen molar-refractivity contribution in [3.8, 4) is 0 Å². The quantitative estimate of drug-likeness (QED) is 0.898. The minimum Gasteiger partial charge on any atom is -0.381 e. The molecule has 1 aliphatic heterocycles. The number of ether oxygens (including phenoxy) is 1. The Labute approximate surface area is 112 Å². The molecule has 1 N–H and O–H groups in total. The molecule has 0 atom stereocenters. The number of benzene rings is 1. The van der Waals surface area contributed by atoms with Gasteiger partial charge in [0, 0.05) is 25.5 Å². The van der Waals surface area contributed by atoms with Crippen molar-refractivity contribution >= 4 is 15.7 Å². The van der Waals surface area contributed by atoms with Gasteiger partial charge in [0.1, 0.15) is 0 Å². The molecule has 0 aliphatic carbocycles. The summed E-state index contributed by atoms with van der Waals surface area (Å²) in [6, 6.07) is 6.31. The zero-order valence-corrected chi connectivity index (χ0v) is 11.6. The lowest BCUT2D eigenvalue weighted by Crippen LogP contribution is -2.39. The maximum Gasteiger partial charge on any atom is 0.252 e. The van der Waals surface area contributed by atoms with E-state index in [0.29, 0.717) is 13.2 Å². The highest BCUT2D eigenvalue weighted by atomic mass is 32.2. The number of carbonyl (C=O) groups excluding carboxylic acids is 1. The third kappa shape index (κ3) is 3.54. The first kappa shape index (κ1) is 14.0. The van der Waals surface area contributed by atoms with Crippen molar-refractivity contribution < 1.29 is 17.9 Å². The molecule has 0 spiro atoms. The van der Waals surface area contributed by atoms with Crippen LogP contribution in [-0.2, 0) is 14.6 Å². The molecule has 1 heterocycles. The third-order valence-corrected chi connectivity index (χ3v) is 4.24. The molecule has 1 amide bonds. The molecule has 19 heavy (non-hydrogen) atoms. The van der Waals surface area contributed by atoms with Crippen LogP contribution >= 0.6 is 0 Å². The lowest BCUT2D eigenvalue weighted by molar-refractivity contribution is 0.0695. The summed E-state index contributed by atoms with van der Waals surface area (Å²) in [6.07, 6.45) is 2.62. The van der Waals surface area contributed by atoms with Gasteiger partial charge in [-0.05, 0) is 25.0 Å². The van der Waals surface area contributed by atoms with Crippen LogP contribution in [0.2, 0.25) is 0 Å². The van der Waals surface area contributed by atoms with E-state index in [1.807, 2.05) is 0 Å². The van der Waals surface area contributed by atoms with E-state index in [0.717, 1.165) is 19.1 Å². The predicted molar refractivity (Wildman–Crippen MR) is 70.9 cm³/mol. The third-order valence-electron chi connectivity index (χ3n) is 3.09. The van der Waals surface area contributed by atoms with Crippen molar-refractivity contribution in [3.63, 3.8) is 0 Å². The average molecular weight is 283 g/mol. The summed E-state index contributed by atoms with van der Waals surface area (Å²) in [7, 11) is -3.40. The summed E-state index contributed by atoms with van der Waals surface area (Å²) in [5, 5.41) is 2.86. The van der Waals surface area contributed by atoms with Crippen LogP contribution in [0.25, 0.3) is 0 Å². The second kappa shape index (κ2) is 5.71. The van der Waals surface area contributed by atoms with Crippen LogP contribution in [0.3, 0.4) is 0 Å². The smallest absolute Gasteiger partial charge is 0.252 e. The van der Waals surface area contributed by atoms with E-state index >= 15 is 0 Å². The highest BCUT2D eigenvalue weighted by Crippen LogP contribution is 2.16. The van der Waals surface area contributed by atoms with Gasteiger partial charge in [-0.15, -0.1) is 0 Å². The Kier molecular flexibility index (Phi) is 4.21. The van der Waals surface area contributed by atoms with Crippen molar-refractivity contribution in [2.75, 3.05) is 19.5 Å². The Morgan fingerprint density at radius 2 is 1.89 bits per heavy atom. The minimum absolute atomic E-state index is 0.0499. The summed E-state index contributed by atoms with van der Waals surface area (Å²) >= 11 is 0. The van der Waals surface area contributed by atoms with E-state index in [9.17, 15) is 13.2 Å². The van der Waals surface area contributed by atoms with E-state index in [1.54, 1.807) is 12.1 Å². The van der Waals surface area contributed by atoms with Gasteiger partial charge >= 0.3 is 0 Å². The van der Waals surface area contributed by atoms with Crippen molar-refractivity contribution in [1.82, 2.24) is 5.32 Å². The molecule has 1 fully saturated rings. The van der Waals surface area contributed by atoms with Gasteiger partial charge in [-0.2, -0.15) is 0 Å². The highest BCUT2D eigenvalue weighted by molar-refractivity contribution is 7.90. The van der Waals surface area contributed by atoms with Crippen LogP contribution in [0.5, 0.6) is 0 Å². The standard InChI is InChI=1S/C13H17NO4S/c1-19(16,17)12-5-3-2-4-11(12)13(15)14-10-6-8-18-9-7-10/h2-5,10H,6-9H2,1H3,(H,14,15). The first-order valence-electron chi connectivity index (χ1n) is 6.16. The fourth-order valence-corrected chi connectivity index (χ4v) is 2.97. The molecule has 104 valence electrons. The molecule has 2 rings (SSSR count). The Balaban J connectivity index is 2.19. The normalized spacial score (nSPS) is 17.1. The molecule has 0 radical (unpaired) electrons. The van der Waals surface area contributed by atoms with E-state index < -0.39 is 9.84 Å². The minimum atomic E-state index is -3.40. The molecule has 0 aromatic heterocycles. The van der Waals surface area contributed by atoms with E-state index in [2.05, 4.69) is 5.32 Å². The molecule has 1 saturated heterocycles. The van der Waals surface area contributed by atoms with Gasteiger partial charge in [-0.25, -0.2) is 8.42 Å². The van der Waals surface area contributed by atoms with Crippen molar-refractivity contribution in [2.24, 2.45) is 0 Å². The Bertz CT molecular complexity index is 562. The Morgan fingerprint density at radius 3 is 2.53 bits per heavy atom. The summed E-state index contributed by atoms with van der Waals surface area (Å²) in [4.78, 5) is 12.2. The van der Waals surface area contributed by atoms with Gasteiger partial charge in [0.25, 0.3) is 5.91 Å². The molecule has 6 heteroatoms. The highest BCUT2D eigenvalue weighted by Gasteiger charge is 2.21. The van der Waals surface area contributed by atoms with Crippen molar-refractivity contribution in [3.05, 3.63) is 29.8 Å². The zero-order chi connectivity index (χ0) is 13.9. The number of amides is 1. The van der Waals surface area contributed by atoms with E-state index in [1.165, 1.54) is 12.1 Å². The molecular formula is C13H17NO4S. The SMILES string of the molecule is CS(=O)(=O)c1ccccc1C(=O)NC1CCOCC1. The Hall–Kier alpha value is -1.40. The number of sulfone groups is 1. The second-order valence-electron chi connectivity index (χ2n) is 4.63. The largest absolute Gasteiger partial charge is 0.381 e. The summed E-state index contributed by atoms with van der Waals surface area (Å²) in [6.45, 7) is 1.25. The molecule has 0 bridgehead atoms. The lowest BCUT2D eigenvalue weighted by atomic mass is 10.1. The van der Waals surface area contributed by atoms with Crippen LogP contribution in [0.4, 0.5) is 0 Å². The van der Waals surface area contributed by atoms with Crippen LogP contribution in [0.1, 0.15) is 23.2 Å². The molecule has 0 unspecified atom stereocenters. The predicted octanol–water partition coefficient (Wildman–Crippen LogP) is 0.999. The summed E-state index contributed by atoms with van der Waals surface area (Å²) < 4.78 is 28.5. The summed E-state index contributed by atoms with van der Waals surface area (Å²) in [5.41, 5.74) is 0.205. The number of nitrogens with one attached hydrogen (secondary N) is 1. The van der Waals surface area contributed by atoms with E-state index in [4.69, 9.17) is 4.74 Å². The monoisotopic (exact) mass is 283 g/mol. The van der Waals surface area contributed by atoms with Crippen LogP contribution < -0.4 is 5.32 Å². The molecular weight excluding hydrogens is 266 g/mol. The molecule has 1 aliphatic rings. The van der Waals surface area contributed by atoms with Crippen LogP contribution in [0.15, 0.2) is 29.2 Å². The Morgan fingerprint density at radius 1 is 1.26 bits per heavy atom. The average Bonchev–Trinajstić information content (AvgIpc) is 2.39. The van der Waals surface area contributed by atoms with Gasteiger partial charge in [-0.3, -0.25) is 4.79 Å². The fraction of sp³-hybridized carbons (Fsp3) is 0.462. The number of hydrogen-bond acceptors (Lipinski definition) is 4. The van der Waals surface area contributed by atoms with Crippen LogP contribution in [-0.4, -0.2) is 39.8 Å². The van der Waals surface area contributed by atoms with Crippen LogP contribution in [0, 0.1) is 0 Å². The van der Waals surface area contributed by atoms with Gasteiger partial charge in [-0.1, -0.05) is 12.1 Å². The maximum absolute atomic E-state index is 12.2. The molecule has 1 aromatic carbocycles. The lowest BCUT2D eigenvalue weighted by Gasteiger charge is -2.23. The maximum atomic E-state index is 12.2. The molecule has 0 saturated carbocycles. The van der Waals surface area contributed by atoms with Gasteiger partial charge in [0.2, 0.25) is 0 Å². The van der Waals surface area contributed by atoms with Gasteiger partial charge < -0.3 is 10.1 Å². The molecule has 1 aromatic rings. The number of rotatable bonds is 3. The summed E-state index contributed by atoms with van der Waals surface area (Å²) in [5.74, 6) is -0.340. The van der Waals surface area contributed by atoms with E-state index in [-0.39, 0.29) is 22.4 Å². The number of hydrogen-bond donors (Lipinski definition) is 1. The topological polar surface area (TPSA) is 72.5 Å².